The van der Waals surface area contributed by atoms with Crippen LogP contribution in [0.5, 0.6) is 0 Å². The molecule has 5 bridgehead atoms. The van der Waals surface area contributed by atoms with Crippen LogP contribution in [-0.4, -0.2) is 37.0 Å². The van der Waals surface area contributed by atoms with Crippen LogP contribution in [0.4, 0.5) is 0 Å². The first-order valence-corrected chi connectivity index (χ1v) is 12.2. The zero-order valence-corrected chi connectivity index (χ0v) is 18.6. The Kier molecular flexibility index (Phi) is 5.06. The lowest BCUT2D eigenvalue weighted by molar-refractivity contribution is -0.177. The van der Waals surface area contributed by atoms with Gasteiger partial charge in [-0.1, -0.05) is 13.8 Å². The van der Waals surface area contributed by atoms with Crippen LogP contribution in [0.3, 0.4) is 0 Å². The lowest BCUT2D eigenvalue weighted by Crippen LogP contribution is -2.58. The second kappa shape index (κ2) is 7.22. The summed E-state index contributed by atoms with van der Waals surface area (Å²) in [6.45, 7) is 5.91. The molecule has 0 aromatic rings. The number of carbonyl (C=O) groups is 1. The zero-order valence-electron chi connectivity index (χ0n) is 18.6. The molecule has 0 spiro atoms. The summed E-state index contributed by atoms with van der Waals surface area (Å²) < 4.78 is 11.7. The first kappa shape index (κ1) is 20.3. The standard InChI is InChI=1S/C25H40O4/c1-24-11-9-20-17-13-22(21-12-16(26)8-10-25(20,21)2)29-14-15(4-7-23(27)28-3)18(24)5-6-19(17)24/h15-22,26H,4-14H2,1-3H3/t15-,16-,17?,18+,19?,20-,21?,22+,24+,25+/m0/s1. The molecule has 0 aromatic heterocycles. The van der Waals surface area contributed by atoms with Crippen molar-refractivity contribution in [3.8, 4) is 0 Å². The highest BCUT2D eigenvalue weighted by Crippen LogP contribution is 2.69. The minimum absolute atomic E-state index is 0.0880. The number of ether oxygens (including phenoxy) is 2. The summed E-state index contributed by atoms with van der Waals surface area (Å²) in [5.41, 5.74) is 0.746. The first-order valence-electron chi connectivity index (χ1n) is 12.2. The lowest BCUT2D eigenvalue weighted by atomic mass is 9.44. The fraction of sp³-hybridized carbons (Fsp3) is 0.960. The molecule has 4 heteroatoms. The maximum absolute atomic E-state index is 11.9. The van der Waals surface area contributed by atoms with Gasteiger partial charge in [-0.25, -0.2) is 0 Å². The van der Waals surface area contributed by atoms with E-state index in [4.69, 9.17) is 9.47 Å². The van der Waals surface area contributed by atoms with Gasteiger partial charge in [0.15, 0.2) is 0 Å². The predicted octanol–water partition coefficient (Wildman–Crippen LogP) is 4.58. The number of hydrogen-bond donors (Lipinski definition) is 1. The van der Waals surface area contributed by atoms with Crippen LogP contribution in [0, 0.1) is 46.3 Å². The van der Waals surface area contributed by atoms with Gasteiger partial charge < -0.3 is 14.6 Å². The van der Waals surface area contributed by atoms with E-state index in [2.05, 4.69) is 13.8 Å². The van der Waals surface area contributed by atoms with E-state index in [1.807, 2.05) is 0 Å². The highest BCUT2D eigenvalue weighted by molar-refractivity contribution is 5.69. The van der Waals surface area contributed by atoms with Crippen molar-refractivity contribution in [1.82, 2.24) is 0 Å². The fourth-order valence-electron chi connectivity index (χ4n) is 9.30. The van der Waals surface area contributed by atoms with E-state index >= 15 is 0 Å². The van der Waals surface area contributed by atoms with Crippen molar-refractivity contribution in [3.05, 3.63) is 0 Å². The first-order chi connectivity index (χ1) is 13.9. The van der Waals surface area contributed by atoms with Gasteiger partial charge in [0, 0.05) is 6.42 Å². The molecule has 1 heterocycles. The highest BCUT2D eigenvalue weighted by atomic mass is 16.5. The highest BCUT2D eigenvalue weighted by Gasteiger charge is 2.63. The van der Waals surface area contributed by atoms with Gasteiger partial charge >= 0.3 is 5.97 Å². The molecule has 29 heavy (non-hydrogen) atoms. The number of methoxy groups -OCH3 is 1. The molecule has 10 atom stereocenters. The average Bonchev–Trinajstić information content (AvgIpc) is 3.06. The molecule has 0 amide bonds. The minimum Gasteiger partial charge on any atom is -0.469 e. The van der Waals surface area contributed by atoms with E-state index in [0.717, 1.165) is 43.6 Å². The van der Waals surface area contributed by atoms with Gasteiger partial charge in [-0.05, 0) is 104 Å². The Balaban J connectivity index is 1.49. The molecule has 5 fully saturated rings. The Morgan fingerprint density at radius 3 is 2.48 bits per heavy atom. The van der Waals surface area contributed by atoms with E-state index in [9.17, 15) is 9.90 Å². The van der Waals surface area contributed by atoms with Crippen LogP contribution in [0.15, 0.2) is 0 Å². The third-order valence-electron chi connectivity index (χ3n) is 10.7. The topological polar surface area (TPSA) is 55.8 Å². The molecule has 4 saturated carbocycles. The van der Waals surface area contributed by atoms with Gasteiger partial charge in [0.1, 0.15) is 0 Å². The van der Waals surface area contributed by atoms with Crippen molar-refractivity contribution >= 4 is 5.97 Å². The molecule has 0 radical (unpaired) electrons. The summed E-state index contributed by atoms with van der Waals surface area (Å²) in [6.07, 6.45) is 11.2. The molecule has 3 unspecified atom stereocenters. The van der Waals surface area contributed by atoms with Crippen LogP contribution in [0.25, 0.3) is 0 Å². The molecule has 1 aliphatic heterocycles. The van der Waals surface area contributed by atoms with Gasteiger partial charge in [0.05, 0.1) is 25.9 Å². The molecule has 1 saturated heterocycles. The lowest BCUT2D eigenvalue weighted by Gasteiger charge is -2.62. The number of aliphatic hydroxyl groups is 1. The molecule has 5 aliphatic rings. The van der Waals surface area contributed by atoms with Crippen molar-refractivity contribution in [3.63, 3.8) is 0 Å². The van der Waals surface area contributed by atoms with E-state index in [-0.39, 0.29) is 12.1 Å². The third-order valence-corrected chi connectivity index (χ3v) is 10.7. The summed E-state index contributed by atoms with van der Waals surface area (Å²) in [5.74, 6) is 3.96. The monoisotopic (exact) mass is 404 g/mol. The maximum Gasteiger partial charge on any atom is 0.305 e. The number of carbonyl (C=O) groups excluding carboxylic acids is 1. The molecular weight excluding hydrogens is 364 g/mol. The van der Waals surface area contributed by atoms with Gasteiger partial charge in [-0.3, -0.25) is 4.79 Å². The molecule has 164 valence electrons. The van der Waals surface area contributed by atoms with E-state index in [0.29, 0.717) is 41.1 Å². The van der Waals surface area contributed by atoms with Gasteiger partial charge in [-0.2, -0.15) is 0 Å². The number of rotatable bonds is 3. The number of fused-ring (bicyclic) bond motifs is 4. The average molecular weight is 405 g/mol. The summed E-state index contributed by atoms with van der Waals surface area (Å²) in [6, 6.07) is 0. The van der Waals surface area contributed by atoms with E-state index in [1.165, 1.54) is 45.6 Å². The van der Waals surface area contributed by atoms with Crippen LogP contribution >= 0.6 is 0 Å². The Labute approximate surface area is 176 Å². The van der Waals surface area contributed by atoms with Gasteiger partial charge in [0.2, 0.25) is 0 Å². The van der Waals surface area contributed by atoms with Crippen molar-refractivity contribution in [2.24, 2.45) is 46.3 Å². The predicted molar refractivity (Wildman–Crippen MR) is 111 cm³/mol. The molecule has 4 nitrogen and oxygen atoms in total. The largest absolute Gasteiger partial charge is 0.469 e. The third kappa shape index (κ3) is 3.03. The molecule has 4 aliphatic carbocycles. The normalized spacial score (nSPS) is 53.5. The molecular formula is C25H40O4. The SMILES string of the molecule is COC(=O)CC[C@H]1CO[C@@H]2CC3C4CC[C@H]1[C@@]4(C)CC[C@@H]3[C@@]1(C)CC[C@H](O)CC21. The Hall–Kier alpha value is -0.610. The number of hydrogen-bond acceptors (Lipinski definition) is 4. The van der Waals surface area contributed by atoms with Crippen LogP contribution in [0.1, 0.15) is 78.1 Å². The summed E-state index contributed by atoms with van der Waals surface area (Å²) >= 11 is 0. The number of esters is 1. The smallest absolute Gasteiger partial charge is 0.305 e. The molecule has 1 N–H and O–H groups in total. The summed E-state index contributed by atoms with van der Waals surface area (Å²) in [7, 11) is 1.49. The maximum atomic E-state index is 11.9. The molecule has 0 aromatic carbocycles. The Morgan fingerprint density at radius 2 is 1.69 bits per heavy atom. The van der Waals surface area contributed by atoms with Crippen LogP contribution < -0.4 is 0 Å². The Bertz CT molecular complexity index is 649. The van der Waals surface area contributed by atoms with Crippen molar-refractivity contribution in [2.45, 2.75) is 90.3 Å². The zero-order chi connectivity index (χ0) is 20.4. The van der Waals surface area contributed by atoms with Crippen molar-refractivity contribution in [2.75, 3.05) is 13.7 Å². The van der Waals surface area contributed by atoms with Crippen molar-refractivity contribution in [1.29, 1.82) is 0 Å². The second-order valence-corrected chi connectivity index (χ2v) is 11.6. The van der Waals surface area contributed by atoms with Crippen molar-refractivity contribution < 1.29 is 19.4 Å². The second-order valence-electron chi connectivity index (χ2n) is 11.6. The number of aliphatic hydroxyl groups excluding tert-OH is 1. The van der Waals surface area contributed by atoms with Crippen LogP contribution in [-0.2, 0) is 14.3 Å². The fourth-order valence-corrected chi connectivity index (χ4v) is 9.30. The van der Waals surface area contributed by atoms with Gasteiger partial charge in [-0.15, -0.1) is 0 Å². The summed E-state index contributed by atoms with van der Waals surface area (Å²) in [5, 5.41) is 10.5. The summed E-state index contributed by atoms with van der Waals surface area (Å²) in [4.78, 5) is 11.9. The van der Waals surface area contributed by atoms with E-state index in [1.54, 1.807) is 0 Å². The quantitative estimate of drug-likeness (QED) is 0.699. The minimum atomic E-state index is -0.152. The molecule has 5 rings (SSSR count). The van der Waals surface area contributed by atoms with E-state index < -0.39 is 0 Å². The van der Waals surface area contributed by atoms with Gasteiger partial charge in [0.25, 0.3) is 0 Å². The Morgan fingerprint density at radius 1 is 1.00 bits per heavy atom. The van der Waals surface area contributed by atoms with Crippen LogP contribution in [0.2, 0.25) is 0 Å².